The van der Waals surface area contributed by atoms with Crippen LogP contribution in [-0.2, 0) is 6.42 Å². The predicted octanol–water partition coefficient (Wildman–Crippen LogP) is 4.07. The van der Waals surface area contributed by atoms with Crippen LogP contribution in [0.25, 0.3) is 0 Å². The van der Waals surface area contributed by atoms with Gasteiger partial charge in [0.2, 0.25) is 5.13 Å². The SMILES string of the molecule is COc1cccc(OCCc2nnc(NC(=O)c3ccccc3Cl)s2)c1. The number of benzene rings is 2. The van der Waals surface area contributed by atoms with E-state index in [1.54, 1.807) is 31.4 Å². The number of hydrogen-bond donors (Lipinski definition) is 1. The van der Waals surface area contributed by atoms with Crippen LogP contribution in [0.3, 0.4) is 0 Å². The van der Waals surface area contributed by atoms with Crippen molar-refractivity contribution in [2.45, 2.75) is 6.42 Å². The number of aromatic nitrogens is 2. The Labute approximate surface area is 159 Å². The Bertz CT molecular complexity index is 901. The molecule has 0 aliphatic carbocycles. The topological polar surface area (TPSA) is 73.3 Å². The first-order chi connectivity index (χ1) is 12.7. The van der Waals surface area contributed by atoms with Gasteiger partial charge in [-0.3, -0.25) is 10.1 Å². The second-order valence-corrected chi connectivity index (χ2v) is 6.68. The summed E-state index contributed by atoms with van der Waals surface area (Å²) in [7, 11) is 1.61. The maximum Gasteiger partial charge on any atom is 0.259 e. The molecule has 0 bridgehead atoms. The van der Waals surface area contributed by atoms with Crippen LogP contribution in [0.1, 0.15) is 15.4 Å². The Morgan fingerprint density at radius 3 is 2.77 bits per heavy atom. The highest BCUT2D eigenvalue weighted by Gasteiger charge is 2.12. The summed E-state index contributed by atoms with van der Waals surface area (Å²) in [6, 6.07) is 14.2. The van der Waals surface area contributed by atoms with Gasteiger partial charge in [0.05, 0.1) is 24.3 Å². The molecule has 0 saturated carbocycles. The van der Waals surface area contributed by atoms with Crippen molar-refractivity contribution < 1.29 is 14.3 Å². The molecule has 2 aromatic carbocycles. The summed E-state index contributed by atoms with van der Waals surface area (Å²) in [6.45, 7) is 0.445. The highest BCUT2D eigenvalue weighted by molar-refractivity contribution is 7.15. The van der Waals surface area contributed by atoms with Crippen molar-refractivity contribution in [3.8, 4) is 11.5 Å². The highest BCUT2D eigenvalue weighted by Crippen LogP contribution is 2.21. The summed E-state index contributed by atoms with van der Waals surface area (Å²) in [4.78, 5) is 12.2. The van der Waals surface area contributed by atoms with Crippen molar-refractivity contribution in [1.29, 1.82) is 0 Å². The van der Waals surface area contributed by atoms with Crippen LogP contribution < -0.4 is 14.8 Å². The molecule has 0 fully saturated rings. The quantitative estimate of drug-likeness (QED) is 0.659. The van der Waals surface area contributed by atoms with Gasteiger partial charge in [0, 0.05) is 12.5 Å². The molecule has 1 aromatic heterocycles. The summed E-state index contributed by atoms with van der Waals surface area (Å²) in [5, 5.41) is 12.3. The molecule has 26 heavy (non-hydrogen) atoms. The predicted molar refractivity (Wildman–Crippen MR) is 102 cm³/mol. The molecule has 6 nitrogen and oxygen atoms in total. The molecule has 3 rings (SSSR count). The molecule has 1 N–H and O–H groups in total. The molecule has 0 aliphatic heterocycles. The zero-order chi connectivity index (χ0) is 18.4. The van der Waals surface area contributed by atoms with E-state index in [1.165, 1.54) is 11.3 Å². The van der Waals surface area contributed by atoms with Crippen molar-refractivity contribution >= 4 is 34.0 Å². The van der Waals surface area contributed by atoms with Crippen LogP contribution in [0.2, 0.25) is 5.02 Å². The van der Waals surface area contributed by atoms with E-state index in [9.17, 15) is 4.79 Å². The van der Waals surface area contributed by atoms with E-state index < -0.39 is 0 Å². The molecule has 134 valence electrons. The first-order valence-electron chi connectivity index (χ1n) is 7.81. The lowest BCUT2D eigenvalue weighted by Crippen LogP contribution is -2.12. The fourth-order valence-corrected chi connectivity index (χ4v) is 3.10. The number of hydrogen-bond acceptors (Lipinski definition) is 6. The number of rotatable bonds is 7. The van der Waals surface area contributed by atoms with E-state index in [1.807, 2.05) is 24.3 Å². The van der Waals surface area contributed by atoms with Gasteiger partial charge in [-0.1, -0.05) is 41.1 Å². The van der Waals surface area contributed by atoms with Crippen LogP contribution in [0.5, 0.6) is 11.5 Å². The average molecular weight is 390 g/mol. The standard InChI is InChI=1S/C18H16ClN3O3S/c1-24-12-5-4-6-13(11-12)25-10-9-16-21-22-18(26-16)20-17(23)14-7-2-3-8-15(14)19/h2-8,11H,9-10H2,1H3,(H,20,22,23). The third-order valence-corrected chi connectivity index (χ3v) is 4.66. The lowest BCUT2D eigenvalue weighted by molar-refractivity contribution is 0.102. The van der Waals surface area contributed by atoms with Gasteiger partial charge in [0.15, 0.2) is 0 Å². The van der Waals surface area contributed by atoms with Crippen LogP contribution >= 0.6 is 22.9 Å². The smallest absolute Gasteiger partial charge is 0.259 e. The van der Waals surface area contributed by atoms with Crippen molar-refractivity contribution in [2.24, 2.45) is 0 Å². The van der Waals surface area contributed by atoms with E-state index in [2.05, 4.69) is 15.5 Å². The Morgan fingerprint density at radius 1 is 1.15 bits per heavy atom. The number of carbonyl (C=O) groups excluding carboxylic acids is 1. The number of halogens is 1. The molecule has 0 saturated heterocycles. The van der Waals surface area contributed by atoms with Gasteiger partial charge in [0.1, 0.15) is 16.5 Å². The van der Waals surface area contributed by atoms with E-state index >= 15 is 0 Å². The summed E-state index contributed by atoms with van der Waals surface area (Å²) in [6.07, 6.45) is 0.580. The molecule has 1 heterocycles. The second kappa shape index (κ2) is 8.64. The van der Waals surface area contributed by atoms with E-state index in [-0.39, 0.29) is 5.91 Å². The van der Waals surface area contributed by atoms with Crippen LogP contribution in [0.4, 0.5) is 5.13 Å². The molecule has 0 radical (unpaired) electrons. The Balaban J connectivity index is 1.53. The van der Waals surface area contributed by atoms with Crippen LogP contribution in [0, 0.1) is 0 Å². The molecular weight excluding hydrogens is 374 g/mol. The van der Waals surface area contributed by atoms with Gasteiger partial charge in [-0.2, -0.15) is 0 Å². The van der Waals surface area contributed by atoms with Crippen molar-refractivity contribution in [3.63, 3.8) is 0 Å². The molecular formula is C18H16ClN3O3S. The van der Waals surface area contributed by atoms with Crippen molar-refractivity contribution in [2.75, 3.05) is 19.0 Å². The van der Waals surface area contributed by atoms with Crippen LogP contribution in [0.15, 0.2) is 48.5 Å². The summed E-state index contributed by atoms with van der Waals surface area (Å²) >= 11 is 7.32. The maximum atomic E-state index is 12.2. The Morgan fingerprint density at radius 2 is 1.96 bits per heavy atom. The summed E-state index contributed by atoms with van der Waals surface area (Å²) < 4.78 is 10.8. The summed E-state index contributed by atoms with van der Waals surface area (Å²) in [5.41, 5.74) is 0.396. The number of carbonyl (C=O) groups is 1. The lowest BCUT2D eigenvalue weighted by Gasteiger charge is -2.06. The second-order valence-electron chi connectivity index (χ2n) is 5.21. The number of amides is 1. The first kappa shape index (κ1) is 18.2. The van der Waals surface area contributed by atoms with Crippen molar-refractivity contribution in [3.05, 3.63) is 64.1 Å². The number of ether oxygens (including phenoxy) is 2. The normalized spacial score (nSPS) is 10.4. The van der Waals surface area contributed by atoms with E-state index in [0.29, 0.717) is 28.7 Å². The number of anilines is 1. The third kappa shape index (κ3) is 4.71. The van der Waals surface area contributed by atoms with Gasteiger partial charge in [-0.25, -0.2) is 0 Å². The molecule has 3 aromatic rings. The Kier molecular flexibility index (Phi) is 6.04. The zero-order valence-corrected chi connectivity index (χ0v) is 15.5. The number of nitrogens with one attached hydrogen (secondary N) is 1. The van der Waals surface area contributed by atoms with Gasteiger partial charge in [0.25, 0.3) is 5.91 Å². The maximum absolute atomic E-state index is 12.2. The molecule has 1 amide bonds. The third-order valence-electron chi connectivity index (χ3n) is 3.43. The molecule has 8 heteroatoms. The monoisotopic (exact) mass is 389 g/mol. The van der Waals surface area contributed by atoms with Gasteiger partial charge in [-0.15, -0.1) is 10.2 Å². The van der Waals surface area contributed by atoms with Crippen molar-refractivity contribution in [1.82, 2.24) is 10.2 Å². The van der Waals surface area contributed by atoms with E-state index in [4.69, 9.17) is 21.1 Å². The van der Waals surface area contributed by atoms with Crippen LogP contribution in [-0.4, -0.2) is 29.8 Å². The fraction of sp³-hybridized carbons (Fsp3) is 0.167. The van der Waals surface area contributed by atoms with Gasteiger partial charge in [-0.05, 0) is 24.3 Å². The lowest BCUT2D eigenvalue weighted by atomic mass is 10.2. The molecule has 0 spiro atoms. The fourth-order valence-electron chi connectivity index (χ4n) is 2.16. The molecule has 0 atom stereocenters. The Hall–Kier alpha value is -2.64. The summed E-state index contributed by atoms with van der Waals surface area (Å²) in [5.74, 6) is 1.15. The molecule has 0 unspecified atom stereocenters. The average Bonchev–Trinajstić information content (AvgIpc) is 3.09. The minimum atomic E-state index is -0.314. The zero-order valence-electron chi connectivity index (χ0n) is 13.9. The minimum Gasteiger partial charge on any atom is -0.497 e. The van der Waals surface area contributed by atoms with E-state index in [0.717, 1.165) is 16.5 Å². The largest absolute Gasteiger partial charge is 0.497 e. The minimum absolute atomic E-state index is 0.314. The number of nitrogens with zero attached hydrogens (tertiary/aromatic N) is 2. The number of methoxy groups -OCH3 is 1. The first-order valence-corrected chi connectivity index (χ1v) is 9.00. The van der Waals surface area contributed by atoms with Gasteiger partial charge >= 0.3 is 0 Å². The van der Waals surface area contributed by atoms with Gasteiger partial charge < -0.3 is 9.47 Å². The highest BCUT2D eigenvalue weighted by atomic mass is 35.5. The molecule has 0 aliphatic rings.